The Morgan fingerprint density at radius 3 is 2.69 bits per heavy atom. The SMILES string of the molecule is O=C(c1cnc(COc2ccccc2)[nH]c1=O)N1CCC[C@@H]1C(F)(F)F. The number of rotatable bonds is 4. The van der Waals surface area contributed by atoms with E-state index in [1.54, 1.807) is 24.3 Å². The molecule has 3 rings (SSSR count). The number of carbonyl (C=O) groups excluding carboxylic acids is 1. The third-order valence-corrected chi connectivity index (χ3v) is 4.09. The zero-order chi connectivity index (χ0) is 18.7. The molecule has 6 nitrogen and oxygen atoms in total. The number of amides is 1. The van der Waals surface area contributed by atoms with Gasteiger partial charge in [-0.1, -0.05) is 18.2 Å². The van der Waals surface area contributed by atoms with Crippen molar-refractivity contribution in [2.45, 2.75) is 31.7 Å². The summed E-state index contributed by atoms with van der Waals surface area (Å²) >= 11 is 0. The molecule has 138 valence electrons. The van der Waals surface area contributed by atoms with Crippen LogP contribution < -0.4 is 10.3 Å². The predicted octanol–water partition coefficient (Wildman–Crippen LogP) is 2.52. The second kappa shape index (κ2) is 7.19. The number of likely N-dealkylation sites (tertiary alicyclic amines) is 1. The van der Waals surface area contributed by atoms with Gasteiger partial charge in [0.25, 0.3) is 11.5 Å². The molecule has 26 heavy (non-hydrogen) atoms. The molecule has 0 unspecified atom stereocenters. The first-order valence-corrected chi connectivity index (χ1v) is 8.00. The average Bonchev–Trinajstić information content (AvgIpc) is 3.11. The Labute approximate surface area is 146 Å². The van der Waals surface area contributed by atoms with E-state index >= 15 is 0 Å². The van der Waals surface area contributed by atoms with Gasteiger partial charge in [0.2, 0.25) is 0 Å². The summed E-state index contributed by atoms with van der Waals surface area (Å²) in [7, 11) is 0. The van der Waals surface area contributed by atoms with Crippen LogP contribution in [0.15, 0.2) is 41.3 Å². The molecule has 0 saturated carbocycles. The summed E-state index contributed by atoms with van der Waals surface area (Å²) in [5.74, 6) is -0.223. The average molecular weight is 367 g/mol. The lowest BCUT2D eigenvalue weighted by Crippen LogP contribution is -2.46. The van der Waals surface area contributed by atoms with Crippen LogP contribution in [0.1, 0.15) is 29.0 Å². The van der Waals surface area contributed by atoms with E-state index in [-0.39, 0.29) is 31.8 Å². The molecule has 1 aliphatic heterocycles. The van der Waals surface area contributed by atoms with Crippen molar-refractivity contribution in [3.05, 3.63) is 58.3 Å². The van der Waals surface area contributed by atoms with E-state index in [9.17, 15) is 22.8 Å². The smallest absolute Gasteiger partial charge is 0.408 e. The summed E-state index contributed by atoms with van der Waals surface area (Å²) in [6.45, 7) is -0.0794. The highest BCUT2D eigenvalue weighted by molar-refractivity contribution is 5.94. The predicted molar refractivity (Wildman–Crippen MR) is 85.7 cm³/mol. The summed E-state index contributed by atoms with van der Waals surface area (Å²) in [4.78, 5) is 31.5. The van der Waals surface area contributed by atoms with Gasteiger partial charge in [-0.3, -0.25) is 9.59 Å². The van der Waals surface area contributed by atoms with Crippen molar-refractivity contribution < 1.29 is 22.7 Å². The van der Waals surface area contributed by atoms with Gasteiger partial charge in [0, 0.05) is 12.7 Å². The lowest BCUT2D eigenvalue weighted by atomic mass is 10.2. The van der Waals surface area contributed by atoms with E-state index in [0.29, 0.717) is 10.6 Å². The normalized spacial score (nSPS) is 17.3. The fourth-order valence-corrected chi connectivity index (χ4v) is 2.83. The Kier molecular flexibility index (Phi) is 4.97. The van der Waals surface area contributed by atoms with E-state index in [4.69, 9.17) is 4.74 Å². The van der Waals surface area contributed by atoms with Crippen LogP contribution in [0.3, 0.4) is 0 Å². The number of alkyl halides is 3. The van der Waals surface area contributed by atoms with Crippen LogP contribution in [0, 0.1) is 0 Å². The molecular weight excluding hydrogens is 351 g/mol. The van der Waals surface area contributed by atoms with Crippen molar-refractivity contribution in [1.82, 2.24) is 14.9 Å². The van der Waals surface area contributed by atoms with Gasteiger partial charge >= 0.3 is 6.18 Å². The van der Waals surface area contributed by atoms with Crippen LogP contribution in [0.2, 0.25) is 0 Å². The molecule has 9 heteroatoms. The maximum Gasteiger partial charge on any atom is 0.408 e. The molecule has 0 radical (unpaired) electrons. The molecule has 1 aromatic heterocycles. The molecule has 1 aliphatic rings. The Balaban J connectivity index is 1.73. The number of hydrogen-bond acceptors (Lipinski definition) is 4. The van der Waals surface area contributed by atoms with Crippen molar-refractivity contribution in [3.8, 4) is 5.75 Å². The van der Waals surface area contributed by atoms with E-state index in [0.717, 1.165) is 6.20 Å². The Morgan fingerprint density at radius 1 is 1.31 bits per heavy atom. The molecule has 1 aromatic carbocycles. The minimum absolute atomic E-state index is 0.0391. The standard InChI is InChI=1S/C17H16F3N3O3/c18-17(19,20)13-7-4-8-23(13)16(25)12-9-21-14(22-15(12)24)10-26-11-5-2-1-3-6-11/h1-3,5-6,9,13H,4,7-8,10H2,(H,21,22,24)/t13-/m1/s1. The quantitative estimate of drug-likeness (QED) is 0.901. The summed E-state index contributed by atoms with van der Waals surface area (Å²) in [6.07, 6.45) is -3.44. The van der Waals surface area contributed by atoms with E-state index in [2.05, 4.69) is 9.97 Å². The fraction of sp³-hybridized carbons (Fsp3) is 0.353. The zero-order valence-corrected chi connectivity index (χ0v) is 13.6. The Bertz CT molecular complexity index is 836. The van der Waals surface area contributed by atoms with Crippen molar-refractivity contribution in [1.29, 1.82) is 0 Å². The molecule has 1 saturated heterocycles. The first kappa shape index (κ1) is 18.0. The molecule has 1 N–H and O–H groups in total. The summed E-state index contributed by atoms with van der Waals surface area (Å²) in [5.41, 5.74) is -1.20. The van der Waals surface area contributed by atoms with Crippen LogP contribution >= 0.6 is 0 Å². The summed E-state index contributed by atoms with van der Waals surface area (Å²) in [6, 6.07) is 6.96. The number of benzene rings is 1. The van der Waals surface area contributed by atoms with Crippen molar-refractivity contribution in [2.75, 3.05) is 6.54 Å². The number of hydrogen-bond donors (Lipinski definition) is 1. The minimum Gasteiger partial charge on any atom is -0.486 e. The van der Waals surface area contributed by atoms with Gasteiger partial charge in [-0.25, -0.2) is 4.98 Å². The maximum atomic E-state index is 13.0. The van der Waals surface area contributed by atoms with Gasteiger partial charge in [-0.15, -0.1) is 0 Å². The highest BCUT2D eigenvalue weighted by Crippen LogP contribution is 2.33. The summed E-state index contributed by atoms with van der Waals surface area (Å²) < 4.78 is 44.4. The zero-order valence-electron chi connectivity index (χ0n) is 13.6. The molecule has 1 atom stereocenters. The van der Waals surface area contributed by atoms with Crippen LogP contribution in [-0.4, -0.2) is 39.5 Å². The Hall–Kier alpha value is -2.84. The highest BCUT2D eigenvalue weighted by atomic mass is 19.4. The van der Waals surface area contributed by atoms with E-state index in [1.807, 2.05) is 6.07 Å². The molecule has 0 spiro atoms. The fourth-order valence-electron chi connectivity index (χ4n) is 2.83. The summed E-state index contributed by atoms with van der Waals surface area (Å²) in [5, 5.41) is 0. The number of aromatic nitrogens is 2. The van der Waals surface area contributed by atoms with E-state index in [1.165, 1.54) is 0 Å². The maximum absolute atomic E-state index is 13.0. The van der Waals surface area contributed by atoms with Gasteiger partial charge in [0.15, 0.2) is 0 Å². The van der Waals surface area contributed by atoms with Crippen molar-refractivity contribution >= 4 is 5.91 Å². The minimum atomic E-state index is -4.52. The number of H-pyrrole nitrogens is 1. The first-order valence-electron chi connectivity index (χ1n) is 8.00. The highest BCUT2D eigenvalue weighted by Gasteiger charge is 2.48. The van der Waals surface area contributed by atoms with Gasteiger partial charge in [0.05, 0.1) is 0 Å². The largest absolute Gasteiger partial charge is 0.486 e. The molecular formula is C17H16F3N3O3. The topological polar surface area (TPSA) is 75.3 Å². The van der Waals surface area contributed by atoms with Crippen molar-refractivity contribution in [3.63, 3.8) is 0 Å². The molecule has 1 amide bonds. The number of para-hydroxylation sites is 1. The van der Waals surface area contributed by atoms with Crippen LogP contribution in [-0.2, 0) is 6.61 Å². The second-order valence-electron chi connectivity index (χ2n) is 5.87. The molecule has 2 aromatic rings. The van der Waals surface area contributed by atoms with Crippen LogP contribution in [0.4, 0.5) is 13.2 Å². The Morgan fingerprint density at radius 2 is 2.04 bits per heavy atom. The molecule has 1 fully saturated rings. The number of halogens is 3. The lowest BCUT2D eigenvalue weighted by molar-refractivity contribution is -0.169. The molecule has 0 bridgehead atoms. The van der Waals surface area contributed by atoms with Gasteiger partial charge in [-0.05, 0) is 25.0 Å². The molecule has 2 heterocycles. The number of nitrogens with one attached hydrogen (secondary N) is 1. The number of nitrogens with zero attached hydrogens (tertiary/aromatic N) is 2. The van der Waals surface area contributed by atoms with Gasteiger partial charge in [0.1, 0.15) is 29.8 Å². The number of ether oxygens (including phenoxy) is 1. The first-order chi connectivity index (χ1) is 12.4. The number of aromatic amines is 1. The van der Waals surface area contributed by atoms with Crippen LogP contribution in [0.5, 0.6) is 5.75 Å². The lowest BCUT2D eigenvalue weighted by Gasteiger charge is -2.26. The molecule has 0 aliphatic carbocycles. The number of carbonyl (C=O) groups is 1. The van der Waals surface area contributed by atoms with Crippen molar-refractivity contribution in [2.24, 2.45) is 0 Å². The van der Waals surface area contributed by atoms with Crippen LogP contribution in [0.25, 0.3) is 0 Å². The van der Waals surface area contributed by atoms with E-state index < -0.39 is 29.2 Å². The monoisotopic (exact) mass is 367 g/mol. The third kappa shape index (κ3) is 3.87. The second-order valence-corrected chi connectivity index (χ2v) is 5.87. The van der Waals surface area contributed by atoms with Gasteiger partial charge < -0.3 is 14.6 Å². The van der Waals surface area contributed by atoms with Gasteiger partial charge in [-0.2, -0.15) is 13.2 Å². The third-order valence-electron chi connectivity index (χ3n) is 4.09.